The van der Waals surface area contributed by atoms with Crippen LogP contribution < -0.4 is 11.1 Å². The van der Waals surface area contributed by atoms with E-state index < -0.39 is 11.9 Å². The van der Waals surface area contributed by atoms with Crippen LogP contribution in [0.3, 0.4) is 0 Å². The second-order valence-corrected chi connectivity index (χ2v) is 5.28. The monoisotopic (exact) mass is 291 g/mol. The molecule has 0 saturated heterocycles. The summed E-state index contributed by atoms with van der Waals surface area (Å²) in [6.45, 7) is 2.14. The largest absolute Gasteiger partial charge is 0.481 e. The molecule has 0 aromatic heterocycles. The van der Waals surface area contributed by atoms with Crippen molar-refractivity contribution in [1.82, 2.24) is 0 Å². The van der Waals surface area contributed by atoms with Crippen molar-refractivity contribution in [2.24, 2.45) is 11.7 Å². The lowest BCUT2D eigenvalue weighted by atomic mass is 9.93. The van der Waals surface area contributed by atoms with Gasteiger partial charge in [-0.05, 0) is 24.5 Å². The van der Waals surface area contributed by atoms with Crippen molar-refractivity contribution in [3.05, 3.63) is 29.8 Å². The molecule has 0 aliphatic rings. The molecule has 1 unspecified atom stereocenters. The molecule has 116 valence electrons. The fourth-order valence-electron chi connectivity index (χ4n) is 2.36. The Kier molecular flexibility index (Phi) is 7.29. The van der Waals surface area contributed by atoms with Crippen molar-refractivity contribution in [2.75, 3.05) is 5.32 Å². The first-order valence-electron chi connectivity index (χ1n) is 7.46. The number of aliphatic carboxylic acids is 1. The number of anilines is 1. The molecule has 5 nitrogen and oxygen atoms in total. The van der Waals surface area contributed by atoms with Crippen LogP contribution in [0, 0.1) is 11.3 Å². The lowest BCUT2D eigenvalue weighted by Gasteiger charge is -2.15. The molecule has 1 atom stereocenters. The molecule has 1 aromatic carbocycles. The summed E-state index contributed by atoms with van der Waals surface area (Å²) in [5.41, 5.74) is 6.95. The minimum absolute atomic E-state index is 0.141. The number of hydrogen-bond donors (Lipinski definition) is 4. The minimum atomic E-state index is -0.760. The standard InChI is InChI=1S/C16H25N3O2/c1-2-3-4-5-9-13(15(20)21)11-12-8-6-7-10-14(12)19-16(17)18/h6-8,10,13H,2-5,9,11H2,1H3,(H,20,21)(H4,17,18,19). The maximum absolute atomic E-state index is 11.4. The zero-order chi connectivity index (χ0) is 15.7. The predicted molar refractivity (Wildman–Crippen MR) is 85.6 cm³/mol. The topological polar surface area (TPSA) is 99.2 Å². The molecule has 0 spiro atoms. The van der Waals surface area contributed by atoms with Gasteiger partial charge < -0.3 is 16.2 Å². The Balaban J connectivity index is 2.70. The van der Waals surface area contributed by atoms with E-state index in [-0.39, 0.29) is 5.96 Å². The number of carboxylic acid groups (broad SMARTS) is 1. The summed E-state index contributed by atoms with van der Waals surface area (Å²) in [6.07, 6.45) is 5.44. The van der Waals surface area contributed by atoms with Gasteiger partial charge in [-0.25, -0.2) is 0 Å². The summed E-state index contributed by atoms with van der Waals surface area (Å²) in [5.74, 6) is -1.29. The molecule has 0 bridgehead atoms. The van der Waals surface area contributed by atoms with E-state index >= 15 is 0 Å². The van der Waals surface area contributed by atoms with Crippen LogP contribution in [0.15, 0.2) is 24.3 Å². The second kappa shape index (κ2) is 9.00. The molecular weight excluding hydrogens is 266 g/mol. The van der Waals surface area contributed by atoms with Crippen LogP contribution in [0.1, 0.15) is 44.6 Å². The zero-order valence-corrected chi connectivity index (χ0v) is 12.6. The van der Waals surface area contributed by atoms with E-state index in [2.05, 4.69) is 12.2 Å². The minimum Gasteiger partial charge on any atom is -0.481 e. The molecule has 0 radical (unpaired) electrons. The fourth-order valence-corrected chi connectivity index (χ4v) is 2.36. The van der Waals surface area contributed by atoms with Gasteiger partial charge in [0.1, 0.15) is 0 Å². The molecule has 5 N–H and O–H groups in total. The summed E-state index contributed by atoms with van der Waals surface area (Å²) in [5, 5.41) is 19.4. The van der Waals surface area contributed by atoms with Gasteiger partial charge in [0.25, 0.3) is 0 Å². The van der Waals surface area contributed by atoms with Gasteiger partial charge in [0, 0.05) is 5.69 Å². The highest BCUT2D eigenvalue weighted by Gasteiger charge is 2.19. The van der Waals surface area contributed by atoms with Crippen molar-refractivity contribution in [3.8, 4) is 0 Å². The van der Waals surface area contributed by atoms with Gasteiger partial charge in [0.05, 0.1) is 5.92 Å². The average molecular weight is 291 g/mol. The second-order valence-electron chi connectivity index (χ2n) is 5.28. The number of carbonyl (C=O) groups is 1. The zero-order valence-electron chi connectivity index (χ0n) is 12.6. The lowest BCUT2D eigenvalue weighted by Crippen LogP contribution is -2.22. The molecule has 0 aliphatic carbocycles. The van der Waals surface area contributed by atoms with Crippen molar-refractivity contribution in [1.29, 1.82) is 5.41 Å². The quantitative estimate of drug-likeness (QED) is 0.319. The molecule has 0 heterocycles. The van der Waals surface area contributed by atoms with E-state index in [9.17, 15) is 9.90 Å². The van der Waals surface area contributed by atoms with E-state index in [0.29, 0.717) is 18.5 Å². The fraction of sp³-hybridized carbons (Fsp3) is 0.500. The Labute approximate surface area is 126 Å². The SMILES string of the molecule is CCCCCCC(Cc1ccccc1NC(=N)N)C(=O)O. The summed E-state index contributed by atoms with van der Waals surface area (Å²) in [7, 11) is 0. The number of unbranched alkanes of at least 4 members (excludes halogenated alkanes) is 3. The van der Waals surface area contributed by atoms with Crippen molar-refractivity contribution < 1.29 is 9.90 Å². The highest BCUT2D eigenvalue weighted by atomic mass is 16.4. The normalized spacial score (nSPS) is 11.9. The van der Waals surface area contributed by atoms with Crippen molar-refractivity contribution >= 4 is 17.6 Å². The summed E-state index contributed by atoms with van der Waals surface area (Å²) in [6, 6.07) is 7.41. The molecule has 0 aliphatic heterocycles. The Bertz CT molecular complexity index is 474. The number of carboxylic acids is 1. The predicted octanol–water partition coefficient (Wildman–Crippen LogP) is 3.21. The lowest BCUT2D eigenvalue weighted by molar-refractivity contribution is -0.142. The molecule has 1 rings (SSSR count). The first kappa shape index (κ1) is 17.0. The third kappa shape index (κ3) is 6.29. The number of nitrogens with two attached hydrogens (primary N) is 1. The van der Waals surface area contributed by atoms with Crippen LogP contribution in [0.4, 0.5) is 5.69 Å². The highest BCUT2D eigenvalue weighted by molar-refractivity contribution is 5.90. The maximum Gasteiger partial charge on any atom is 0.306 e. The Morgan fingerprint density at radius 3 is 2.67 bits per heavy atom. The van der Waals surface area contributed by atoms with Crippen molar-refractivity contribution in [3.63, 3.8) is 0 Å². The molecule has 1 aromatic rings. The van der Waals surface area contributed by atoms with E-state index in [1.54, 1.807) is 0 Å². The van der Waals surface area contributed by atoms with Gasteiger partial charge in [-0.1, -0.05) is 50.8 Å². The van der Waals surface area contributed by atoms with Gasteiger partial charge in [0.2, 0.25) is 0 Å². The van der Waals surface area contributed by atoms with Crippen LogP contribution in [-0.2, 0) is 11.2 Å². The van der Waals surface area contributed by atoms with E-state index in [0.717, 1.165) is 31.2 Å². The Morgan fingerprint density at radius 2 is 2.05 bits per heavy atom. The first-order chi connectivity index (χ1) is 10.0. The third-order valence-electron chi connectivity index (χ3n) is 3.51. The van der Waals surface area contributed by atoms with Crippen molar-refractivity contribution in [2.45, 2.75) is 45.4 Å². The van der Waals surface area contributed by atoms with Gasteiger partial charge in [-0.15, -0.1) is 0 Å². The van der Waals surface area contributed by atoms with E-state index in [1.807, 2.05) is 24.3 Å². The highest BCUT2D eigenvalue weighted by Crippen LogP contribution is 2.22. The number of hydrogen-bond acceptors (Lipinski definition) is 2. The number of nitrogens with one attached hydrogen (secondary N) is 2. The number of guanidine groups is 1. The van der Waals surface area contributed by atoms with Gasteiger partial charge in [-0.3, -0.25) is 10.2 Å². The number of benzene rings is 1. The van der Waals surface area contributed by atoms with Crippen LogP contribution in [0.25, 0.3) is 0 Å². The first-order valence-corrected chi connectivity index (χ1v) is 7.46. The van der Waals surface area contributed by atoms with Gasteiger partial charge >= 0.3 is 5.97 Å². The van der Waals surface area contributed by atoms with Crippen LogP contribution in [0.5, 0.6) is 0 Å². The smallest absolute Gasteiger partial charge is 0.306 e. The molecule has 0 saturated carbocycles. The molecule has 0 amide bonds. The van der Waals surface area contributed by atoms with Gasteiger partial charge in [-0.2, -0.15) is 0 Å². The Hall–Kier alpha value is -2.04. The molecule has 21 heavy (non-hydrogen) atoms. The summed E-state index contributed by atoms with van der Waals surface area (Å²) in [4.78, 5) is 11.4. The number of para-hydroxylation sites is 1. The van der Waals surface area contributed by atoms with Crippen LogP contribution in [-0.4, -0.2) is 17.0 Å². The maximum atomic E-state index is 11.4. The van der Waals surface area contributed by atoms with Crippen LogP contribution in [0.2, 0.25) is 0 Å². The molecular formula is C16H25N3O2. The third-order valence-corrected chi connectivity index (χ3v) is 3.51. The van der Waals surface area contributed by atoms with E-state index in [4.69, 9.17) is 11.1 Å². The summed E-state index contributed by atoms with van der Waals surface area (Å²) >= 11 is 0. The molecule has 0 fully saturated rings. The molecule has 5 heteroatoms. The van der Waals surface area contributed by atoms with E-state index in [1.165, 1.54) is 0 Å². The average Bonchev–Trinajstić information content (AvgIpc) is 2.43. The number of rotatable bonds is 9. The van der Waals surface area contributed by atoms with Crippen LogP contribution >= 0.6 is 0 Å². The summed E-state index contributed by atoms with van der Waals surface area (Å²) < 4.78 is 0. The Morgan fingerprint density at radius 1 is 1.33 bits per heavy atom. The van der Waals surface area contributed by atoms with Gasteiger partial charge in [0.15, 0.2) is 5.96 Å².